The fourth-order valence-corrected chi connectivity index (χ4v) is 2.97. The van der Waals surface area contributed by atoms with Gasteiger partial charge in [0.25, 0.3) is 11.5 Å². The highest BCUT2D eigenvalue weighted by molar-refractivity contribution is 5.92. The van der Waals surface area contributed by atoms with Crippen molar-refractivity contribution < 1.29 is 9.32 Å². The van der Waals surface area contributed by atoms with Crippen LogP contribution in [-0.4, -0.2) is 36.6 Å². The second-order valence-corrected chi connectivity index (χ2v) is 6.57. The number of hydrogen-bond acceptors (Lipinski definition) is 6. The zero-order chi connectivity index (χ0) is 18.3. The van der Waals surface area contributed by atoms with Gasteiger partial charge in [-0.05, 0) is 12.8 Å². The third-order valence-corrected chi connectivity index (χ3v) is 4.52. The Kier molecular flexibility index (Phi) is 4.32. The first kappa shape index (κ1) is 17.1. The maximum atomic E-state index is 12.9. The molecule has 134 valence electrons. The van der Waals surface area contributed by atoms with Crippen molar-refractivity contribution >= 4 is 5.91 Å². The minimum atomic E-state index is -0.536. The zero-order valence-electron chi connectivity index (χ0n) is 14.7. The summed E-state index contributed by atoms with van der Waals surface area (Å²) in [7, 11) is 2.85. The van der Waals surface area contributed by atoms with Crippen LogP contribution in [0, 0.1) is 0 Å². The van der Waals surface area contributed by atoms with Gasteiger partial charge in [-0.15, -0.1) is 0 Å². The molecule has 1 amide bonds. The summed E-state index contributed by atoms with van der Waals surface area (Å²) in [5.74, 6) is 0.726. The van der Waals surface area contributed by atoms with E-state index in [0.29, 0.717) is 24.7 Å². The van der Waals surface area contributed by atoms with Crippen LogP contribution in [0.2, 0.25) is 0 Å². The molecule has 1 fully saturated rings. The number of rotatable bonds is 3. The fraction of sp³-hybridized carbons (Fsp3) is 0.562. The molecule has 0 spiro atoms. The lowest BCUT2D eigenvalue weighted by Gasteiger charge is -2.22. The molecule has 2 aromatic rings. The Bertz CT molecular complexity index is 923. The Morgan fingerprint density at radius 2 is 2.00 bits per heavy atom. The molecule has 9 heteroatoms. The molecule has 1 aliphatic heterocycles. The van der Waals surface area contributed by atoms with Crippen molar-refractivity contribution in [2.45, 2.75) is 38.6 Å². The molecule has 1 atom stereocenters. The Hall–Kier alpha value is -2.71. The first-order valence-corrected chi connectivity index (χ1v) is 8.22. The van der Waals surface area contributed by atoms with E-state index >= 15 is 0 Å². The summed E-state index contributed by atoms with van der Waals surface area (Å²) >= 11 is 0. The second-order valence-electron chi connectivity index (χ2n) is 6.57. The van der Waals surface area contributed by atoms with E-state index in [2.05, 4.69) is 10.1 Å². The molecular weight excluding hydrogens is 326 g/mol. The molecule has 9 nitrogen and oxygen atoms in total. The van der Waals surface area contributed by atoms with Crippen molar-refractivity contribution in [3.63, 3.8) is 0 Å². The second kappa shape index (κ2) is 6.30. The average Bonchev–Trinajstić information content (AvgIpc) is 3.23. The predicted octanol–water partition coefficient (Wildman–Crippen LogP) is 0.568. The van der Waals surface area contributed by atoms with Crippen molar-refractivity contribution in [2.75, 3.05) is 6.54 Å². The lowest BCUT2D eigenvalue weighted by Crippen LogP contribution is -2.42. The maximum absolute atomic E-state index is 12.9. The van der Waals surface area contributed by atoms with Crippen molar-refractivity contribution in [2.24, 2.45) is 14.1 Å². The van der Waals surface area contributed by atoms with Gasteiger partial charge in [0, 0.05) is 32.6 Å². The predicted molar refractivity (Wildman–Crippen MR) is 88.3 cm³/mol. The Morgan fingerprint density at radius 1 is 1.28 bits per heavy atom. The topological polar surface area (TPSA) is 103 Å². The largest absolute Gasteiger partial charge is 0.337 e. The molecule has 0 radical (unpaired) electrons. The van der Waals surface area contributed by atoms with Crippen LogP contribution in [0.4, 0.5) is 0 Å². The van der Waals surface area contributed by atoms with Gasteiger partial charge in [0.2, 0.25) is 5.89 Å². The highest BCUT2D eigenvalue weighted by atomic mass is 16.5. The summed E-state index contributed by atoms with van der Waals surface area (Å²) < 4.78 is 7.48. The SMILES string of the molecule is CC(C)c1noc([C@@H]2CCCN2C(=O)c2cc(=O)n(C)c(=O)n2C)n1. The smallest absolute Gasteiger partial charge is 0.331 e. The Balaban J connectivity index is 1.96. The van der Waals surface area contributed by atoms with Crippen LogP contribution in [0.25, 0.3) is 0 Å². The lowest BCUT2D eigenvalue weighted by atomic mass is 10.2. The van der Waals surface area contributed by atoms with Crippen molar-refractivity contribution in [3.05, 3.63) is 44.3 Å². The number of carbonyl (C=O) groups is 1. The van der Waals surface area contributed by atoms with Gasteiger partial charge in [0.1, 0.15) is 11.7 Å². The van der Waals surface area contributed by atoms with E-state index in [1.54, 1.807) is 4.90 Å². The van der Waals surface area contributed by atoms with Crippen LogP contribution in [-0.2, 0) is 14.1 Å². The van der Waals surface area contributed by atoms with E-state index in [4.69, 9.17) is 4.52 Å². The highest BCUT2D eigenvalue weighted by Crippen LogP contribution is 2.32. The van der Waals surface area contributed by atoms with Crippen LogP contribution in [0.1, 0.15) is 60.9 Å². The van der Waals surface area contributed by atoms with E-state index in [-0.39, 0.29) is 23.6 Å². The molecule has 2 aromatic heterocycles. The molecule has 1 aliphatic rings. The van der Waals surface area contributed by atoms with Gasteiger partial charge in [0.05, 0.1) is 0 Å². The van der Waals surface area contributed by atoms with Crippen molar-refractivity contribution in [3.8, 4) is 0 Å². The minimum absolute atomic E-state index is 0.0589. The van der Waals surface area contributed by atoms with E-state index < -0.39 is 11.2 Å². The fourth-order valence-electron chi connectivity index (χ4n) is 2.97. The zero-order valence-corrected chi connectivity index (χ0v) is 14.7. The summed E-state index contributed by atoms with van der Waals surface area (Å²) in [6.45, 7) is 4.43. The van der Waals surface area contributed by atoms with Gasteiger partial charge in [-0.3, -0.25) is 18.7 Å². The monoisotopic (exact) mass is 347 g/mol. The summed E-state index contributed by atoms with van der Waals surface area (Å²) in [5.41, 5.74) is -0.989. The number of nitrogens with zero attached hydrogens (tertiary/aromatic N) is 5. The van der Waals surface area contributed by atoms with Crippen LogP contribution in [0.5, 0.6) is 0 Å². The number of amides is 1. The number of carbonyl (C=O) groups excluding carboxylic acids is 1. The van der Waals surface area contributed by atoms with Gasteiger partial charge in [-0.2, -0.15) is 4.98 Å². The van der Waals surface area contributed by atoms with Crippen molar-refractivity contribution in [1.29, 1.82) is 0 Å². The van der Waals surface area contributed by atoms with Crippen molar-refractivity contribution in [1.82, 2.24) is 24.2 Å². The maximum Gasteiger partial charge on any atom is 0.331 e. The van der Waals surface area contributed by atoms with E-state index in [1.165, 1.54) is 24.7 Å². The third-order valence-electron chi connectivity index (χ3n) is 4.52. The summed E-state index contributed by atoms with van der Waals surface area (Å²) in [4.78, 5) is 42.9. The Morgan fingerprint density at radius 3 is 2.64 bits per heavy atom. The number of hydrogen-bond donors (Lipinski definition) is 0. The van der Waals surface area contributed by atoms with Gasteiger partial charge in [-0.25, -0.2) is 4.79 Å². The van der Waals surface area contributed by atoms with Crippen LogP contribution in [0.15, 0.2) is 20.2 Å². The van der Waals surface area contributed by atoms with Gasteiger partial charge < -0.3 is 9.42 Å². The van der Waals surface area contributed by atoms with Crippen LogP contribution < -0.4 is 11.2 Å². The quantitative estimate of drug-likeness (QED) is 0.804. The molecule has 0 aromatic carbocycles. The molecule has 0 N–H and O–H groups in total. The van der Waals surface area contributed by atoms with E-state index in [1.807, 2.05) is 13.8 Å². The van der Waals surface area contributed by atoms with E-state index in [0.717, 1.165) is 11.0 Å². The van der Waals surface area contributed by atoms with Gasteiger partial charge >= 0.3 is 5.69 Å². The molecule has 0 aliphatic carbocycles. The highest BCUT2D eigenvalue weighted by Gasteiger charge is 2.35. The van der Waals surface area contributed by atoms with E-state index in [9.17, 15) is 14.4 Å². The molecular formula is C16H21N5O4. The molecule has 0 bridgehead atoms. The third kappa shape index (κ3) is 2.90. The molecule has 1 saturated heterocycles. The summed E-state index contributed by atoms with van der Waals surface area (Å²) in [6.07, 6.45) is 1.48. The molecule has 0 saturated carbocycles. The standard InChI is InChI=1S/C16H21N5O4/c1-9(2)13-17-14(25-18-13)10-6-5-7-21(10)15(23)11-8-12(22)20(4)16(24)19(11)3/h8-10H,5-7H2,1-4H3/t10-/m0/s1. The first-order chi connectivity index (χ1) is 11.8. The molecule has 3 heterocycles. The summed E-state index contributed by atoms with van der Waals surface area (Å²) in [5, 5.41) is 3.95. The molecule has 3 rings (SSSR count). The Labute approximate surface area is 143 Å². The lowest BCUT2D eigenvalue weighted by molar-refractivity contribution is 0.0698. The average molecular weight is 347 g/mol. The summed E-state index contributed by atoms with van der Waals surface area (Å²) in [6, 6.07) is 0.846. The number of aromatic nitrogens is 4. The van der Waals surface area contributed by atoms with Crippen LogP contribution >= 0.6 is 0 Å². The van der Waals surface area contributed by atoms with Crippen LogP contribution in [0.3, 0.4) is 0 Å². The molecule has 0 unspecified atom stereocenters. The van der Waals surface area contributed by atoms with Gasteiger partial charge in [0.15, 0.2) is 5.82 Å². The number of likely N-dealkylation sites (tertiary alicyclic amines) is 1. The minimum Gasteiger partial charge on any atom is -0.337 e. The molecule has 25 heavy (non-hydrogen) atoms. The first-order valence-electron chi connectivity index (χ1n) is 8.22. The normalized spacial score (nSPS) is 17.5. The van der Waals surface area contributed by atoms with Gasteiger partial charge in [-0.1, -0.05) is 19.0 Å².